The number of hydrogen-bond donors (Lipinski definition) is 2. The van der Waals surface area contributed by atoms with Gasteiger partial charge in [0.05, 0.1) is 5.92 Å². The van der Waals surface area contributed by atoms with E-state index in [2.05, 4.69) is 41.8 Å². The first-order valence-corrected chi connectivity index (χ1v) is 8.24. The van der Waals surface area contributed by atoms with Gasteiger partial charge in [0.25, 0.3) is 0 Å². The number of aryl methyl sites for hydroxylation is 1. The predicted octanol–water partition coefficient (Wildman–Crippen LogP) is 3.03. The van der Waals surface area contributed by atoms with Gasteiger partial charge in [0, 0.05) is 6.54 Å². The molecule has 1 amide bonds. The molecule has 0 spiro atoms. The Bertz CT molecular complexity index is 512. The Kier molecular flexibility index (Phi) is 5.87. The zero-order valence-electron chi connectivity index (χ0n) is 13.4. The summed E-state index contributed by atoms with van der Waals surface area (Å²) in [6.07, 6.45) is 5.52. The van der Waals surface area contributed by atoms with Crippen LogP contribution in [0.15, 0.2) is 24.3 Å². The normalized spacial score (nSPS) is 23.0. The lowest BCUT2D eigenvalue weighted by Gasteiger charge is -2.35. The molecular formula is C18H27ClN2O. The van der Waals surface area contributed by atoms with Gasteiger partial charge in [0.15, 0.2) is 0 Å². The van der Waals surface area contributed by atoms with Gasteiger partial charge in [0.2, 0.25) is 5.91 Å². The molecule has 1 aromatic carbocycles. The Morgan fingerprint density at radius 3 is 2.82 bits per heavy atom. The zero-order chi connectivity index (χ0) is 14.7. The van der Waals surface area contributed by atoms with E-state index in [1.165, 1.54) is 11.1 Å². The van der Waals surface area contributed by atoms with E-state index in [9.17, 15) is 4.79 Å². The van der Waals surface area contributed by atoms with Crippen LogP contribution >= 0.6 is 12.4 Å². The Hall–Kier alpha value is -1.06. The fraction of sp³-hybridized carbons (Fsp3) is 0.611. The number of piperidine rings is 1. The molecule has 0 aromatic heterocycles. The molecule has 1 heterocycles. The fourth-order valence-electron chi connectivity index (χ4n) is 3.66. The molecule has 1 fully saturated rings. The maximum atomic E-state index is 12.6. The zero-order valence-corrected chi connectivity index (χ0v) is 14.2. The van der Waals surface area contributed by atoms with Gasteiger partial charge in [-0.1, -0.05) is 31.2 Å². The summed E-state index contributed by atoms with van der Waals surface area (Å²) in [5.74, 6) is 0.280. The van der Waals surface area contributed by atoms with Crippen LogP contribution in [0.4, 0.5) is 0 Å². The minimum Gasteiger partial charge on any atom is -0.355 e. The molecule has 4 heteroatoms. The summed E-state index contributed by atoms with van der Waals surface area (Å²) < 4.78 is 0. The lowest BCUT2D eigenvalue weighted by molar-refractivity contribution is -0.123. The van der Waals surface area contributed by atoms with Gasteiger partial charge in [-0.3, -0.25) is 4.79 Å². The Morgan fingerprint density at radius 2 is 2.05 bits per heavy atom. The third-order valence-corrected chi connectivity index (χ3v) is 5.19. The maximum absolute atomic E-state index is 12.6. The van der Waals surface area contributed by atoms with Gasteiger partial charge >= 0.3 is 0 Å². The van der Waals surface area contributed by atoms with E-state index in [1.54, 1.807) is 0 Å². The quantitative estimate of drug-likeness (QED) is 0.898. The van der Waals surface area contributed by atoms with Crippen molar-refractivity contribution in [2.75, 3.05) is 19.6 Å². The third-order valence-electron chi connectivity index (χ3n) is 5.19. The first-order chi connectivity index (χ1) is 10.2. The molecule has 3 nitrogen and oxygen atoms in total. The lowest BCUT2D eigenvalue weighted by atomic mass is 9.80. The van der Waals surface area contributed by atoms with Crippen LogP contribution in [-0.4, -0.2) is 25.5 Å². The molecule has 22 heavy (non-hydrogen) atoms. The van der Waals surface area contributed by atoms with Gasteiger partial charge in [-0.15, -0.1) is 12.4 Å². The van der Waals surface area contributed by atoms with Crippen LogP contribution in [0.2, 0.25) is 0 Å². The van der Waals surface area contributed by atoms with Crippen LogP contribution in [-0.2, 0) is 11.2 Å². The average molecular weight is 323 g/mol. The Labute approximate surface area is 139 Å². The number of halogens is 1. The molecule has 0 radical (unpaired) electrons. The lowest BCUT2D eigenvalue weighted by Crippen LogP contribution is -2.44. The van der Waals surface area contributed by atoms with E-state index >= 15 is 0 Å². The van der Waals surface area contributed by atoms with Crippen molar-refractivity contribution < 1.29 is 4.79 Å². The second kappa shape index (κ2) is 7.47. The number of fused-ring (bicyclic) bond motifs is 1. The van der Waals surface area contributed by atoms with Crippen LogP contribution in [0.3, 0.4) is 0 Å². The molecule has 2 aliphatic rings. The van der Waals surface area contributed by atoms with E-state index in [0.717, 1.165) is 51.7 Å². The van der Waals surface area contributed by atoms with Gasteiger partial charge in [0.1, 0.15) is 0 Å². The second-order valence-electron chi connectivity index (χ2n) is 6.92. The van der Waals surface area contributed by atoms with Crippen LogP contribution in [0.1, 0.15) is 49.7 Å². The summed E-state index contributed by atoms with van der Waals surface area (Å²) >= 11 is 0. The van der Waals surface area contributed by atoms with Crippen LogP contribution in [0, 0.1) is 5.41 Å². The number of nitrogens with one attached hydrogen (secondary N) is 2. The largest absolute Gasteiger partial charge is 0.355 e. The Balaban J connectivity index is 0.00000176. The molecule has 1 aromatic rings. The van der Waals surface area contributed by atoms with Gasteiger partial charge in [-0.05, 0) is 61.7 Å². The number of rotatable bonds is 3. The van der Waals surface area contributed by atoms with Crippen molar-refractivity contribution in [3.05, 3.63) is 35.4 Å². The molecule has 2 N–H and O–H groups in total. The highest BCUT2D eigenvalue weighted by Crippen LogP contribution is 2.32. The van der Waals surface area contributed by atoms with Crippen molar-refractivity contribution in [2.45, 2.75) is 44.9 Å². The highest BCUT2D eigenvalue weighted by atomic mass is 35.5. The summed E-state index contributed by atoms with van der Waals surface area (Å²) in [6, 6.07) is 8.43. The number of benzene rings is 1. The standard InChI is InChI=1S/C18H26N2O.ClH/c1-18(9-11-19-12-10-18)13-20-17(21)16-8-4-6-14-5-2-3-7-15(14)16;/h2-3,5,7,16,19H,4,6,8-13H2,1H3,(H,20,21);1H. The van der Waals surface area contributed by atoms with Crippen molar-refractivity contribution >= 4 is 18.3 Å². The summed E-state index contributed by atoms with van der Waals surface area (Å²) in [5, 5.41) is 6.63. The first-order valence-electron chi connectivity index (χ1n) is 8.24. The van der Waals surface area contributed by atoms with Crippen molar-refractivity contribution in [3.8, 4) is 0 Å². The smallest absolute Gasteiger partial charge is 0.227 e. The van der Waals surface area contributed by atoms with Crippen LogP contribution in [0.5, 0.6) is 0 Å². The van der Waals surface area contributed by atoms with E-state index in [0.29, 0.717) is 0 Å². The van der Waals surface area contributed by atoms with E-state index in [1.807, 2.05) is 0 Å². The highest BCUT2D eigenvalue weighted by molar-refractivity contribution is 5.85. The Morgan fingerprint density at radius 1 is 1.32 bits per heavy atom. The fourth-order valence-corrected chi connectivity index (χ4v) is 3.66. The minimum atomic E-state index is 0. The van der Waals surface area contributed by atoms with Gasteiger partial charge in [-0.2, -0.15) is 0 Å². The molecule has 1 atom stereocenters. The molecule has 1 saturated heterocycles. The molecule has 3 rings (SSSR count). The first kappa shape index (κ1) is 17.3. The molecule has 1 aliphatic carbocycles. The van der Waals surface area contributed by atoms with Gasteiger partial charge < -0.3 is 10.6 Å². The molecule has 0 saturated carbocycles. The van der Waals surface area contributed by atoms with Crippen molar-refractivity contribution in [3.63, 3.8) is 0 Å². The van der Waals surface area contributed by atoms with Crippen LogP contribution in [0.25, 0.3) is 0 Å². The summed E-state index contributed by atoms with van der Waals surface area (Å²) in [6.45, 7) is 5.24. The van der Waals surface area contributed by atoms with Crippen LogP contribution < -0.4 is 10.6 Å². The molecule has 0 bridgehead atoms. The maximum Gasteiger partial charge on any atom is 0.227 e. The summed E-state index contributed by atoms with van der Waals surface area (Å²) in [4.78, 5) is 12.6. The van der Waals surface area contributed by atoms with Crippen molar-refractivity contribution in [1.29, 1.82) is 0 Å². The average Bonchev–Trinajstić information content (AvgIpc) is 2.53. The molecule has 1 unspecified atom stereocenters. The predicted molar refractivity (Wildman–Crippen MR) is 92.6 cm³/mol. The number of amides is 1. The number of carbonyl (C=O) groups excluding carboxylic acids is 1. The summed E-state index contributed by atoms with van der Waals surface area (Å²) in [7, 11) is 0. The van der Waals surface area contributed by atoms with E-state index in [4.69, 9.17) is 0 Å². The summed E-state index contributed by atoms with van der Waals surface area (Å²) in [5.41, 5.74) is 2.86. The highest BCUT2D eigenvalue weighted by Gasteiger charge is 2.30. The molecular weight excluding hydrogens is 296 g/mol. The van der Waals surface area contributed by atoms with Crippen molar-refractivity contribution in [1.82, 2.24) is 10.6 Å². The van der Waals surface area contributed by atoms with E-state index in [-0.39, 0.29) is 29.6 Å². The monoisotopic (exact) mass is 322 g/mol. The SMILES string of the molecule is CC1(CNC(=O)C2CCCc3ccccc32)CCNCC1.Cl. The minimum absolute atomic E-state index is 0. The van der Waals surface area contributed by atoms with Gasteiger partial charge in [-0.25, -0.2) is 0 Å². The molecule has 1 aliphatic heterocycles. The molecule has 122 valence electrons. The van der Waals surface area contributed by atoms with E-state index < -0.39 is 0 Å². The number of hydrogen-bond acceptors (Lipinski definition) is 2. The van der Waals surface area contributed by atoms with Crippen molar-refractivity contribution in [2.24, 2.45) is 5.41 Å². The third kappa shape index (κ3) is 3.82. The number of carbonyl (C=O) groups is 1. The topological polar surface area (TPSA) is 41.1 Å². The second-order valence-corrected chi connectivity index (χ2v) is 6.92.